The van der Waals surface area contributed by atoms with Gasteiger partial charge in [-0.2, -0.15) is 13.2 Å². The number of aliphatic imine (C=N–C) groups is 1. The Morgan fingerprint density at radius 3 is 2.55 bits per heavy atom. The van der Waals surface area contributed by atoms with E-state index < -0.39 is 23.9 Å². The van der Waals surface area contributed by atoms with Crippen molar-refractivity contribution in [3.8, 4) is 0 Å². The first-order chi connectivity index (χ1) is 13.8. The Kier molecular flexibility index (Phi) is 5.32. The Labute approximate surface area is 169 Å². The third kappa shape index (κ3) is 4.77. The predicted octanol–water partition coefficient (Wildman–Crippen LogP) is 3.94. The molecule has 1 unspecified atom stereocenters. The number of rotatable bonds is 7. The average Bonchev–Trinajstić information content (AvgIpc) is 3.56. The van der Waals surface area contributed by atoms with Crippen LogP contribution in [-0.4, -0.2) is 35.8 Å². The molecule has 0 aromatic heterocycles. The minimum Gasteiger partial charge on any atom is -0.367 e. The summed E-state index contributed by atoms with van der Waals surface area (Å²) in [6.07, 6.45) is 0.185. The van der Waals surface area contributed by atoms with Crippen molar-refractivity contribution in [3.63, 3.8) is 0 Å². The molecule has 1 aliphatic heterocycles. The lowest BCUT2D eigenvalue weighted by Crippen LogP contribution is -2.44. The second-order valence-corrected chi connectivity index (χ2v) is 8.22. The largest absolute Gasteiger partial charge is 0.421 e. The molecular formula is C18H20F4N6S. The summed E-state index contributed by atoms with van der Waals surface area (Å²) in [5.74, 6) is -0.727. The van der Waals surface area contributed by atoms with Crippen molar-refractivity contribution in [2.75, 3.05) is 10.0 Å². The molecule has 5 N–H and O–H groups in total. The van der Waals surface area contributed by atoms with Gasteiger partial charge in [-0.1, -0.05) is 0 Å². The predicted molar refractivity (Wildman–Crippen MR) is 107 cm³/mol. The van der Waals surface area contributed by atoms with Crippen molar-refractivity contribution >= 4 is 35.4 Å². The first-order valence-electron chi connectivity index (χ1n) is 9.24. The van der Waals surface area contributed by atoms with Crippen LogP contribution in [0.1, 0.15) is 31.2 Å². The van der Waals surface area contributed by atoms with Gasteiger partial charge in [-0.15, -0.1) is 0 Å². The number of hydrogen-bond acceptors (Lipinski definition) is 7. The molecule has 0 spiro atoms. The molecule has 2 aliphatic carbocycles. The van der Waals surface area contributed by atoms with E-state index in [4.69, 9.17) is 5.41 Å². The molecule has 4 rings (SSSR count). The standard InChI is InChI=1S/C18H20F4N6S/c19-13-5-6-14(11(7-23)15(13)28-29-10-3-4-10)26-17-24-8-12(18(20,21)22)16(27-17)25-9-1-2-9/h5-10,17,23-24,26,28H,1-4H2,(H,25,27). The third-order valence-corrected chi connectivity index (χ3v) is 5.73. The normalized spacial score (nSPS) is 21.6. The highest BCUT2D eigenvalue weighted by Gasteiger charge is 2.40. The number of nitrogens with zero attached hydrogens (tertiary/aromatic N) is 1. The van der Waals surface area contributed by atoms with E-state index in [1.807, 2.05) is 0 Å². The van der Waals surface area contributed by atoms with Gasteiger partial charge in [-0.3, -0.25) is 0 Å². The van der Waals surface area contributed by atoms with Crippen LogP contribution in [0.25, 0.3) is 0 Å². The first-order valence-corrected chi connectivity index (χ1v) is 10.1. The van der Waals surface area contributed by atoms with Gasteiger partial charge in [0.2, 0.25) is 0 Å². The molecule has 1 heterocycles. The van der Waals surface area contributed by atoms with Crippen molar-refractivity contribution in [2.45, 2.75) is 49.4 Å². The number of hydrogen-bond donors (Lipinski definition) is 5. The zero-order valence-electron chi connectivity index (χ0n) is 15.2. The smallest absolute Gasteiger partial charge is 0.367 e. The summed E-state index contributed by atoms with van der Waals surface area (Å²) in [7, 11) is 0. The van der Waals surface area contributed by atoms with Gasteiger partial charge in [0.1, 0.15) is 17.2 Å². The highest BCUT2D eigenvalue weighted by Crippen LogP contribution is 2.37. The second kappa shape index (κ2) is 7.77. The van der Waals surface area contributed by atoms with Crippen LogP contribution in [0.2, 0.25) is 0 Å². The number of anilines is 2. The number of benzene rings is 1. The molecule has 156 valence electrons. The van der Waals surface area contributed by atoms with E-state index in [0.717, 1.165) is 38.1 Å². The van der Waals surface area contributed by atoms with E-state index in [1.54, 1.807) is 0 Å². The third-order valence-electron chi connectivity index (χ3n) is 4.61. The van der Waals surface area contributed by atoms with Crippen LogP contribution >= 0.6 is 11.9 Å². The summed E-state index contributed by atoms with van der Waals surface area (Å²) < 4.78 is 57.0. The topological polar surface area (TPSA) is 84.3 Å². The Morgan fingerprint density at radius 1 is 1.17 bits per heavy atom. The highest BCUT2D eigenvalue weighted by atomic mass is 32.2. The summed E-state index contributed by atoms with van der Waals surface area (Å²) >= 11 is 1.40. The molecule has 0 bridgehead atoms. The lowest BCUT2D eigenvalue weighted by atomic mass is 10.1. The fourth-order valence-electron chi connectivity index (χ4n) is 2.74. The Hall–Kier alpha value is -2.43. The fourth-order valence-corrected chi connectivity index (χ4v) is 3.60. The number of alkyl halides is 3. The molecular weight excluding hydrogens is 408 g/mol. The van der Waals surface area contributed by atoms with Crippen LogP contribution < -0.4 is 20.7 Å². The minimum atomic E-state index is -4.54. The zero-order valence-corrected chi connectivity index (χ0v) is 16.1. The highest BCUT2D eigenvalue weighted by molar-refractivity contribution is 8.01. The van der Waals surface area contributed by atoms with Crippen molar-refractivity contribution in [1.29, 1.82) is 5.41 Å². The molecule has 1 aromatic rings. The molecule has 3 aliphatic rings. The minimum absolute atomic E-state index is 0.00328. The van der Waals surface area contributed by atoms with Gasteiger partial charge >= 0.3 is 6.18 Å². The molecule has 2 saturated carbocycles. The van der Waals surface area contributed by atoms with Crippen LogP contribution in [-0.2, 0) is 0 Å². The summed E-state index contributed by atoms with van der Waals surface area (Å²) in [5.41, 5.74) is -0.0322. The van der Waals surface area contributed by atoms with E-state index in [0.29, 0.717) is 10.9 Å². The van der Waals surface area contributed by atoms with Crippen molar-refractivity contribution in [3.05, 3.63) is 35.3 Å². The lowest BCUT2D eigenvalue weighted by molar-refractivity contribution is -0.0870. The lowest BCUT2D eigenvalue weighted by Gasteiger charge is -2.26. The van der Waals surface area contributed by atoms with Crippen LogP contribution in [0.5, 0.6) is 0 Å². The first kappa shape index (κ1) is 19.9. The molecule has 2 fully saturated rings. The molecule has 11 heteroatoms. The van der Waals surface area contributed by atoms with Crippen LogP contribution in [0.15, 0.2) is 28.9 Å². The van der Waals surface area contributed by atoms with E-state index >= 15 is 0 Å². The summed E-state index contributed by atoms with van der Waals surface area (Å²) in [6, 6.07) is 2.69. The molecule has 29 heavy (non-hydrogen) atoms. The van der Waals surface area contributed by atoms with Gasteiger partial charge in [-0.25, -0.2) is 9.38 Å². The monoisotopic (exact) mass is 428 g/mol. The number of halogens is 4. The molecule has 1 aromatic carbocycles. The molecule has 0 radical (unpaired) electrons. The van der Waals surface area contributed by atoms with E-state index in [-0.39, 0.29) is 23.1 Å². The zero-order chi connectivity index (χ0) is 20.6. The fraction of sp³-hybridized carbons (Fsp3) is 0.444. The molecule has 1 atom stereocenters. The van der Waals surface area contributed by atoms with Gasteiger partial charge in [0.15, 0.2) is 6.29 Å². The quantitative estimate of drug-likeness (QED) is 0.258. The average molecular weight is 428 g/mol. The van der Waals surface area contributed by atoms with Crippen LogP contribution in [0, 0.1) is 11.2 Å². The van der Waals surface area contributed by atoms with Gasteiger partial charge in [0, 0.05) is 35.0 Å². The maximum atomic E-state index is 14.3. The van der Waals surface area contributed by atoms with Gasteiger partial charge in [0.05, 0.1) is 5.69 Å². The van der Waals surface area contributed by atoms with Gasteiger partial charge in [0.25, 0.3) is 0 Å². The summed E-state index contributed by atoms with van der Waals surface area (Å²) in [6.45, 7) is 0. The SMILES string of the molecule is N=Cc1c(NC2N=C(NC3CC3)C(C(F)(F)F)=CN2)ccc(F)c1NSC1CC1. The van der Waals surface area contributed by atoms with E-state index in [1.165, 1.54) is 24.1 Å². The molecule has 0 amide bonds. The van der Waals surface area contributed by atoms with Gasteiger partial charge < -0.3 is 26.1 Å². The van der Waals surface area contributed by atoms with Crippen molar-refractivity contribution in [1.82, 2.24) is 10.6 Å². The Balaban J connectivity index is 1.55. The van der Waals surface area contributed by atoms with E-state index in [2.05, 4.69) is 25.7 Å². The summed E-state index contributed by atoms with van der Waals surface area (Å²) in [4.78, 5) is 4.12. The maximum absolute atomic E-state index is 14.3. The van der Waals surface area contributed by atoms with E-state index in [9.17, 15) is 17.6 Å². The molecule has 6 nitrogen and oxygen atoms in total. The number of nitrogens with one attached hydrogen (secondary N) is 5. The maximum Gasteiger partial charge on any atom is 0.421 e. The van der Waals surface area contributed by atoms with Gasteiger partial charge in [-0.05, 0) is 49.8 Å². The Morgan fingerprint density at radius 2 is 1.93 bits per heavy atom. The molecule has 0 saturated heterocycles. The summed E-state index contributed by atoms with van der Waals surface area (Å²) in [5, 5.41) is 16.5. The second-order valence-electron chi connectivity index (χ2n) is 7.11. The van der Waals surface area contributed by atoms with Crippen LogP contribution in [0.3, 0.4) is 0 Å². The Bertz CT molecular complexity index is 861. The van der Waals surface area contributed by atoms with Crippen LogP contribution in [0.4, 0.5) is 28.9 Å². The number of amidine groups is 1. The van der Waals surface area contributed by atoms with Crippen molar-refractivity contribution in [2.24, 2.45) is 4.99 Å². The van der Waals surface area contributed by atoms with Crippen molar-refractivity contribution < 1.29 is 17.6 Å².